The summed E-state index contributed by atoms with van der Waals surface area (Å²) in [6.45, 7) is 0. The van der Waals surface area contributed by atoms with Crippen molar-refractivity contribution in [3.05, 3.63) is 53.6 Å². The highest BCUT2D eigenvalue weighted by molar-refractivity contribution is 5.89. The molecule has 0 atom stereocenters. The van der Waals surface area contributed by atoms with Gasteiger partial charge < -0.3 is 14.9 Å². The van der Waals surface area contributed by atoms with Crippen LogP contribution in [0.5, 0.6) is 11.5 Å². The van der Waals surface area contributed by atoms with Gasteiger partial charge in [0, 0.05) is 5.56 Å². The minimum atomic E-state index is -1.01. The molecular weight excluding hydrogens is 272 g/mol. The molecule has 0 amide bonds. The Hall–Kier alpha value is -3.02. The molecule has 0 aromatic heterocycles. The summed E-state index contributed by atoms with van der Waals surface area (Å²) in [6, 6.07) is 11.3. The highest BCUT2D eigenvalue weighted by atomic mass is 16.5. The number of methoxy groups -OCH3 is 1. The number of hydrogen-bond acceptors (Lipinski definition) is 5. The zero-order valence-corrected chi connectivity index (χ0v) is 11.3. The number of rotatable bonds is 5. The van der Waals surface area contributed by atoms with Crippen LogP contribution in [-0.2, 0) is 0 Å². The second kappa shape index (κ2) is 6.42. The quantitative estimate of drug-likeness (QED) is 0.580. The molecule has 0 saturated carbocycles. The molecule has 0 heterocycles. The van der Waals surface area contributed by atoms with Crippen LogP contribution in [0.3, 0.4) is 0 Å². The molecule has 0 radical (unpaired) electrons. The molecule has 0 bridgehead atoms. The number of nitrogens with zero attached hydrogens (tertiary/aromatic N) is 1. The van der Waals surface area contributed by atoms with Gasteiger partial charge in [0.05, 0.1) is 24.6 Å². The van der Waals surface area contributed by atoms with E-state index in [-0.39, 0.29) is 11.3 Å². The minimum Gasteiger partial charge on any atom is -0.504 e. The number of aromatic hydroxyl groups is 1. The second-order valence-corrected chi connectivity index (χ2v) is 4.15. The van der Waals surface area contributed by atoms with E-state index in [1.807, 2.05) is 0 Å². The highest BCUT2D eigenvalue weighted by Crippen LogP contribution is 2.28. The normalized spacial score (nSPS) is 10.5. The maximum Gasteiger partial charge on any atom is 0.335 e. The largest absolute Gasteiger partial charge is 0.504 e. The van der Waals surface area contributed by atoms with E-state index in [0.717, 1.165) is 0 Å². The van der Waals surface area contributed by atoms with Crippen molar-refractivity contribution in [2.75, 3.05) is 12.5 Å². The van der Waals surface area contributed by atoms with Crippen molar-refractivity contribution in [2.45, 2.75) is 0 Å². The van der Waals surface area contributed by atoms with Crippen LogP contribution in [0.15, 0.2) is 47.6 Å². The van der Waals surface area contributed by atoms with Crippen molar-refractivity contribution in [1.29, 1.82) is 0 Å². The van der Waals surface area contributed by atoms with Crippen LogP contribution in [0.1, 0.15) is 15.9 Å². The molecule has 0 unspecified atom stereocenters. The summed E-state index contributed by atoms with van der Waals surface area (Å²) in [7, 11) is 1.46. The van der Waals surface area contributed by atoms with Crippen molar-refractivity contribution in [2.24, 2.45) is 5.10 Å². The summed E-state index contributed by atoms with van der Waals surface area (Å²) in [4.78, 5) is 10.9. The molecule has 6 heteroatoms. The number of anilines is 1. The fraction of sp³-hybridized carbons (Fsp3) is 0.0667. The first-order valence-corrected chi connectivity index (χ1v) is 6.10. The van der Waals surface area contributed by atoms with E-state index in [1.54, 1.807) is 30.3 Å². The van der Waals surface area contributed by atoms with Crippen molar-refractivity contribution >= 4 is 17.9 Å². The molecule has 21 heavy (non-hydrogen) atoms. The van der Waals surface area contributed by atoms with Gasteiger partial charge in [-0.1, -0.05) is 12.1 Å². The number of benzene rings is 2. The number of carboxylic acid groups (broad SMARTS) is 1. The Kier molecular flexibility index (Phi) is 4.40. The van der Waals surface area contributed by atoms with E-state index in [0.29, 0.717) is 17.0 Å². The van der Waals surface area contributed by atoms with Gasteiger partial charge in [-0.2, -0.15) is 5.10 Å². The fourth-order valence-corrected chi connectivity index (χ4v) is 1.71. The fourth-order valence-electron chi connectivity index (χ4n) is 1.71. The molecule has 2 aromatic rings. The lowest BCUT2D eigenvalue weighted by Crippen LogP contribution is -1.98. The van der Waals surface area contributed by atoms with E-state index in [4.69, 9.17) is 9.84 Å². The van der Waals surface area contributed by atoms with Crippen LogP contribution in [0.2, 0.25) is 0 Å². The number of carbonyl (C=O) groups is 1. The Morgan fingerprint density at radius 2 is 2.05 bits per heavy atom. The summed E-state index contributed by atoms with van der Waals surface area (Å²) < 4.78 is 4.99. The molecule has 3 N–H and O–H groups in total. The minimum absolute atomic E-state index is 0.00941. The molecule has 2 aromatic carbocycles. The zero-order chi connectivity index (χ0) is 15.2. The van der Waals surface area contributed by atoms with Gasteiger partial charge in [0.2, 0.25) is 0 Å². The molecule has 0 aliphatic carbocycles. The third-order valence-electron chi connectivity index (χ3n) is 2.76. The average Bonchev–Trinajstić information content (AvgIpc) is 2.49. The topological polar surface area (TPSA) is 91.2 Å². The lowest BCUT2D eigenvalue weighted by molar-refractivity contribution is 0.0697. The molecule has 0 aliphatic heterocycles. The Labute approximate surface area is 121 Å². The van der Waals surface area contributed by atoms with Gasteiger partial charge in [0.15, 0.2) is 11.5 Å². The van der Waals surface area contributed by atoms with Crippen molar-refractivity contribution < 1.29 is 19.7 Å². The number of carboxylic acids is 1. The maximum absolute atomic E-state index is 10.9. The SMILES string of the molecule is COc1cccc(/C=N/Nc2cccc(C(=O)O)c2)c1O. The first-order valence-electron chi connectivity index (χ1n) is 6.10. The van der Waals surface area contributed by atoms with Crippen LogP contribution in [0.25, 0.3) is 0 Å². The van der Waals surface area contributed by atoms with Gasteiger partial charge in [-0.25, -0.2) is 4.79 Å². The molecule has 2 rings (SSSR count). The van der Waals surface area contributed by atoms with Crippen LogP contribution in [-0.4, -0.2) is 29.5 Å². The summed E-state index contributed by atoms with van der Waals surface area (Å²) in [5, 5.41) is 22.7. The third-order valence-corrected chi connectivity index (χ3v) is 2.76. The Morgan fingerprint density at radius 1 is 1.29 bits per heavy atom. The monoisotopic (exact) mass is 286 g/mol. The summed E-state index contributed by atoms with van der Waals surface area (Å²) in [5.74, 6) is -0.662. The summed E-state index contributed by atoms with van der Waals surface area (Å²) in [5.41, 5.74) is 3.89. The van der Waals surface area contributed by atoms with Crippen LogP contribution in [0, 0.1) is 0 Å². The predicted molar refractivity (Wildman–Crippen MR) is 79.3 cm³/mol. The molecular formula is C15H14N2O4. The summed E-state index contributed by atoms with van der Waals surface area (Å²) >= 11 is 0. The van der Waals surface area contributed by atoms with Crippen molar-refractivity contribution in [3.8, 4) is 11.5 Å². The van der Waals surface area contributed by atoms with Gasteiger partial charge in [0.1, 0.15) is 0 Å². The first kappa shape index (κ1) is 14.4. The lowest BCUT2D eigenvalue weighted by Gasteiger charge is -2.05. The van der Waals surface area contributed by atoms with Gasteiger partial charge in [-0.3, -0.25) is 5.43 Å². The second-order valence-electron chi connectivity index (χ2n) is 4.15. The number of hydrazone groups is 1. The molecule has 0 aliphatic rings. The lowest BCUT2D eigenvalue weighted by atomic mass is 10.2. The smallest absolute Gasteiger partial charge is 0.335 e. The van der Waals surface area contributed by atoms with Gasteiger partial charge in [-0.15, -0.1) is 0 Å². The predicted octanol–water partition coefficient (Wildman–Crippen LogP) is 2.55. The number of aromatic carboxylic acids is 1. The van der Waals surface area contributed by atoms with Gasteiger partial charge in [-0.05, 0) is 30.3 Å². The van der Waals surface area contributed by atoms with Crippen LogP contribution < -0.4 is 10.2 Å². The van der Waals surface area contributed by atoms with E-state index in [1.165, 1.54) is 25.5 Å². The third kappa shape index (κ3) is 3.50. The van der Waals surface area contributed by atoms with Crippen LogP contribution in [0.4, 0.5) is 5.69 Å². The average molecular weight is 286 g/mol. The Bertz CT molecular complexity index is 683. The van der Waals surface area contributed by atoms with Crippen LogP contribution >= 0.6 is 0 Å². The van der Waals surface area contributed by atoms with E-state index in [9.17, 15) is 9.90 Å². The highest BCUT2D eigenvalue weighted by Gasteiger charge is 2.05. The number of phenols is 1. The molecule has 108 valence electrons. The Morgan fingerprint density at radius 3 is 2.76 bits per heavy atom. The number of para-hydroxylation sites is 1. The summed E-state index contributed by atoms with van der Waals surface area (Å²) in [6.07, 6.45) is 1.42. The first-order chi connectivity index (χ1) is 10.1. The van der Waals surface area contributed by atoms with Gasteiger partial charge in [0.25, 0.3) is 0 Å². The van der Waals surface area contributed by atoms with E-state index in [2.05, 4.69) is 10.5 Å². The Balaban J connectivity index is 2.13. The van der Waals surface area contributed by atoms with Crippen molar-refractivity contribution in [1.82, 2.24) is 0 Å². The molecule has 0 saturated heterocycles. The van der Waals surface area contributed by atoms with Gasteiger partial charge >= 0.3 is 5.97 Å². The van der Waals surface area contributed by atoms with E-state index >= 15 is 0 Å². The molecule has 0 fully saturated rings. The molecule has 0 spiro atoms. The number of hydrogen-bond donors (Lipinski definition) is 3. The number of phenolic OH excluding ortho intramolecular Hbond substituents is 1. The zero-order valence-electron chi connectivity index (χ0n) is 11.3. The number of ether oxygens (including phenoxy) is 1. The molecule has 6 nitrogen and oxygen atoms in total. The maximum atomic E-state index is 10.9. The van der Waals surface area contributed by atoms with Crippen molar-refractivity contribution in [3.63, 3.8) is 0 Å². The standard InChI is InChI=1S/C15H14N2O4/c1-21-13-7-3-5-11(14(13)18)9-16-17-12-6-2-4-10(8-12)15(19)20/h2-9,17-18H,1H3,(H,19,20)/b16-9+. The van der Waals surface area contributed by atoms with E-state index < -0.39 is 5.97 Å². The number of nitrogens with one attached hydrogen (secondary N) is 1.